The van der Waals surface area contributed by atoms with Gasteiger partial charge < -0.3 is 19.3 Å². The third kappa shape index (κ3) is 4.99. The molecular formula is C27H33ClN2O6Si. The second-order valence-corrected chi connectivity index (χ2v) is 16.0. The average Bonchev–Trinajstić information content (AvgIpc) is 3.41. The first-order valence-electron chi connectivity index (χ1n) is 12.1. The Bertz CT molecular complexity index is 1270. The molecule has 198 valence electrons. The number of fused-ring (bicyclic) bond motifs is 2. The van der Waals surface area contributed by atoms with Crippen LogP contribution in [0.5, 0.6) is 0 Å². The normalized spacial score (nSPS) is 25.0. The van der Waals surface area contributed by atoms with Crippen LogP contribution in [0.15, 0.2) is 82.5 Å². The Morgan fingerprint density at radius 1 is 1.08 bits per heavy atom. The number of aliphatic hydroxyl groups excluding tert-OH is 1. The van der Waals surface area contributed by atoms with Gasteiger partial charge in [-0.15, -0.1) is 0 Å². The molecule has 0 saturated carbocycles. The summed E-state index contributed by atoms with van der Waals surface area (Å²) in [6.45, 7) is 6.67. The summed E-state index contributed by atoms with van der Waals surface area (Å²) >= 11 is 7.21. The van der Waals surface area contributed by atoms with Crippen LogP contribution in [0, 0.1) is 0 Å². The van der Waals surface area contributed by atoms with E-state index >= 15 is 0 Å². The minimum atomic E-state index is -2.23. The predicted molar refractivity (Wildman–Crippen MR) is 145 cm³/mol. The van der Waals surface area contributed by atoms with Gasteiger partial charge in [0.25, 0.3) is 5.56 Å². The number of H-pyrrole nitrogens is 1. The Balaban J connectivity index is 0.000000173. The van der Waals surface area contributed by atoms with Gasteiger partial charge in [0.1, 0.15) is 17.8 Å². The maximum atomic E-state index is 11.8. The number of methoxy groups -OCH3 is 1. The first-order chi connectivity index (χ1) is 17.6. The van der Waals surface area contributed by atoms with Gasteiger partial charge in [-0.05, 0) is 15.4 Å². The van der Waals surface area contributed by atoms with Crippen molar-refractivity contribution >= 4 is 28.8 Å². The quantitative estimate of drug-likeness (QED) is 0.376. The SMILES string of the molecule is CC(C)(C)[Si](Cl)(c1ccccc1)c1ccccc1.CO[C@@H]1C2OC[C@@]1(CO)O[C@H]2n1ccc(=O)[nH]c1=O. The molecule has 2 aromatic carbocycles. The molecule has 2 N–H and O–H groups in total. The molecule has 5 rings (SSSR count). The zero-order valence-electron chi connectivity index (χ0n) is 21.4. The van der Waals surface area contributed by atoms with Gasteiger partial charge in [-0.3, -0.25) is 14.3 Å². The van der Waals surface area contributed by atoms with Gasteiger partial charge >= 0.3 is 5.69 Å². The monoisotopic (exact) mass is 544 g/mol. The molecule has 3 heterocycles. The lowest BCUT2D eigenvalue weighted by Gasteiger charge is -2.38. The van der Waals surface area contributed by atoms with Crippen molar-refractivity contribution in [2.45, 2.75) is 49.8 Å². The molecule has 0 spiro atoms. The molecule has 1 unspecified atom stereocenters. The van der Waals surface area contributed by atoms with Crippen molar-refractivity contribution in [2.75, 3.05) is 20.3 Å². The molecule has 0 amide bonds. The van der Waals surface area contributed by atoms with Crippen LogP contribution in [-0.2, 0) is 14.2 Å². The summed E-state index contributed by atoms with van der Waals surface area (Å²) in [6, 6.07) is 22.3. The van der Waals surface area contributed by atoms with E-state index < -0.39 is 42.7 Å². The molecule has 4 atom stereocenters. The summed E-state index contributed by atoms with van der Waals surface area (Å²) in [5.41, 5.74) is -2.03. The fourth-order valence-electron chi connectivity index (χ4n) is 5.08. The number of nitrogens with zero attached hydrogens (tertiary/aromatic N) is 1. The van der Waals surface area contributed by atoms with E-state index in [0.717, 1.165) is 0 Å². The van der Waals surface area contributed by atoms with Crippen molar-refractivity contribution < 1.29 is 19.3 Å². The van der Waals surface area contributed by atoms with E-state index in [-0.39, 0.29) is 18.3 Å². The van der Waals surface area contributed by atoms with Crippen LogP contribution in [0.25, 0.3) is 0 Å². The number of aromatic nitrogens is 2. The second-order valence-electron chi connectivity index (χ2n) is 10.3. The minimum Gasteiger partial charge on any atom is -0.393 e. The number of aromatic amines is 1. The summed E-state index contributed by atoms with van der Waals surface area (Å²) in [4.78, 5) is 25.0. The first kappa shape index (κ1) is 27.5. The lowest BCUT2D eigenvalue weighted by atomic mass is 10.0. The number of hydrogen-bond acceptors (Lipinski definition) is 6. The van der Waals surface area contributed by atoms with Crippen LogP contribution < -0.4 is 21.6 Å². The van der Waals surface area contributed by atoms with E-state index in [1.807, 2.05) is 12.1 Å². The van der Waals surface area contributed by atoms with Crippen molar-refractivity contribution in [3.63, 3.8) is 0 Å². The molecule has 8 nitrogen and oxygen atoms in total. The number of aliphatic hydroxyl groups is 1. The number of halogens is 1. The first-order valence-corrected chi connectivity index (χ1v) is 15.1. The van der Waals surface area contributed by atoms with E-state index in [1.165, 1.54) is 34.3 Å². The lowest BCUT2D eigenvalue weighted by Crippen LogP contribution is -2.59. The maximum Gasteiger partial charge on any atom is 0.330 e. The molecule has 1 aromatic heterocycles. The van der Waals surface area contributed by atoms with Gasteiger partial charge in [0.05, 0.1) is 13.2 Å². The summed E-state index contributed by atoms with van der Waals surface area (Å²) in [5, 5.41) is 12.1. The van der Waals surface area contributed by atoms with Gasteiger partial charge in [-0.25, -0.2) is 4.79 Å². The molecule has 3 aromatic rings. The molecular weight excluding hydrogens is 512 g/mol. The average molecular weight is 545 g/mol. The Morgan fingerprint density at radius 2 is 1.65 bits per heavy atom. The highest BCUT2D eigenvalue weighted by atomic mass is 35.6. The smallest absolute Gasteiger partial charge is 0.330 e. The summed E-state index contributed by atoms with van der Waals surface area (Å²) in [6.07, 6.45) is -0.342. The Kier molecular flexibility index (Phi) is 7.94. The number of rotatable bonds is 5. The van der Waals surface area contributed by atoms with Crippen LogP contribution in [0.1, 0.15) is 27.0 Å². The molecule has 37 heavy (non-hydrogen) atoms. The number of benzene rings is 2. The fourth-order valence-corrected chi connectivity index (χ4v) is 9.20. The minimum absolute atomic E-state index is 0.0667. The van der Waals surface area contributed by atoms with E-state index in [2.05, 4.69) is 74.3 Å². The van der Waals surface area contributed by atoms with E-state index in [4.69, 9.17) is 25.3 Å². The van der Waals surface area contributed by atoms with E-state index in [1.54, 1.807) is 0 Å². The van der Waals surface area contributed by atoms with Crippen LogP contribution in [0.3, 0.4) is 0 Å². The molecule has 2 bridgehead atoms. The molecule has 2 fully saturated rings. The molecule has 0 aliphatic carbocycles. The maximum absolute atomic E-state index is 11.8. The topological polar surface area (TPSA) is 103 Å². The molecule has 2 aliphatic rings. The van der Waals surface area contributed by atoms with Crippen LogP contribution in [-0.4, -0.2) is 60.2 Å². The zero-order valence-corrected chi connectivity index (χ0v) is 23.1. The third-order valence-corrected chi connectivity index (χ3v) is 14.3. The molecule has 2 aliphatic heterocycles. The zero-order chi connectivity index (χ0) is 26.8. The van der Waals surface area contributed by atoms with Crippen molar-refractivity contribution in [3.8, 4) is 0 Å². The summed E-state index contributed by atoms with van der Waals surface area (Å²) in [5.74, 6) is 0. The molecule has 0 radical (unpaired) electrons. The summed E-state index contributed by atoms with van der Waals surface area (Å²) in [7, 11) is -0.733. The molecule has 2 saturated heterocycles. The largest absolute Gasteiger partial charge is 0.393 e. The van der Waals surface area contributed by atoms with Crippen molar-refractivity contribution in [1.29, 1.82) is 0 Å². The van der Waals surface area contributed by atoms with Crippen LogP contribution in [0.4, 0.5) is 0 Å². The highest BCUT2D eigenvalue weighted by molar-refractivity contribution is 7.35. The van der Waals surface area contributed by atoms with Crippen molar-refractivity contribution in [2.24, 2.45) is 0 Å². The number of hydrogen-bond donors (Lipinski definition) is 2. The van der Waals surface area contributed by atoms with Gasteiger partial charge in [-0.1, -0.05) is 81.4 Å². The van der Waals surface area contributed by atoms with E-state index in [0.29, 0.717) is 0 Å². The lowest BCUT2D eigenvalue weighted by molar-refractivity contribution is -0.188. The number of nitrogens with one attached hydrogen (secondary N) is 1. The van der Waals surface area contributed by atoms with Crippen LogP contribution >= 0.6 is 11.1 Å². The van der Waals surface area contributed by atoms with Crippen molar-refractivity contribution in [1.82, 2.24) is 9.55 Å². The van der Waals surface area contributed by atoms with Gasteiger partial charge in [-0.2, -0.15) is 11.1 Å². The third-order valence-electron chi connectivity index (χ3n) is 7.00. The standard InChI is InChI=1S/C16H19ClSi.C11H14N2O6/c1-16(2,3)18(17,14-10-6-4-7-11-14)15-12-8-5-9-13-15;1-17-8-7-9(19-11(8,4-14)5-18-7)13-3-2-6(15)12-10(13)16/h4-13H,1-3H3;2-3,7-9,14H,4-5H2,1H3,(H,12,15,16)/t;7?,8-,9-,11-/m.1/s1. The van der Waals surface area contributed by atoms with Gasteiger partial charge in [0.2, 0.25) is 7.38 Å². The van der Waals surface area contributed by atoms with Crippen molar-refractivity contribution in [3.05, 3.63) is 93.8 Å². The Hall–Kier alpha value is -2.53. The van der Waals surface area contributed by atoms with E-state index in [9.17, 15) is 14.7 Å². The second kappa shape index (κ2) is 10.7. The predicted octanol–water partition coefficient (Wildman–Crippen LogP) is 2.00. The van der Waals surface area contributed by atoms with Gasteiger partial charge in [0.15, 0.2) is 6.23 Å². The van der Waals surface area contributed by atoms with Crippen LogP contribution in [0.2, 0.25) is 5.04 Å². The number of ether oxygens (including phenoxy) is 3. The fraction of sp³-hybridized carbons (Fsp3) is 0.407. The Labute approximate surface area is 221 Å². The highest BCUT2D eigenvalue weighted by Crippen LogP contribution is 2.45. The summed E-state index contributed by atoms with van der Waals surface area (Å²) < 4.78 is 17.8. The molecule has 10 heteroatoms. The Morgan fingerprint density at radius 3 is 2.08 bits per heavy atom. The van der Waals surface area contributed by atoms with Gasteiger partial charge in [0, 0.05) is 19.4 Å². The highest BCUT2D eigenvalue weighted by Gasteiger charge is 2.62.